The summed E-state index contributed by atoms with van der Waals surface area (Å²) in [5, 5.41) is 6.77. The third-order valence-corrected chi connectivity index (χ3v) is 6.21. The van der Waals surface area contributed by atoms with Gasteiger partial charge in [0, 0.05) is 36.6 Å². The van der Waals surface area contributed by atoms with Crippen molar-refractivity contribution >= 4 is 34.6 Å². The second-order valence-corrected chi connectivity index (χ2v) is 8.89. The van der Waals surface area contributed by atoms with Crippen molar-refractivity contribution in [3.63, 3.8) is 0 Å². The van der Waals surface area contributed by atoms with Gasteiger partial charge >= 0.3 is 5.97 Å². The highest BCUT2D eigenvalue weighted by atomic mass is 16.5. The van der Waals surface area contributed by atoms with E-state index in [4.69, 9.17) is 16.2 Å². The SMILES string of the molecule is COC(=O)[C@@H]1C/C=C\Cn2cc(c3ccccc32)CCCC(=O)N[C@H](CCCCN=C(N)N)C(=O)N1. The number of amides is 2. The number of nitrogens with one attached hydrogen (secondary N) is 2. The predicted octanol–water partition coefficient (Wildman–Crippen LogP) is 1.51. The van der Waals surface area contributed by atoms with Crippen LogP contribution < -0.4 is 22.1 Å². The van der Waals surface area contributed by atoms with E-state index in [-0.39, 0.29) is 24.7 Å². The topological polar surface area (TPSA) is 154 Å². The van der Waals surface area contributed by atoms with Crippen molar-refractivity contribution in [2.75, 3.05) is 13.7 Å². The normalized spacial score (nSPS) is 20.2. The number of fused-ring (bicyclic) bond motifs is 5. The highest BCUT2D eigenvalue weighted by Crippen LogP contribution is 2.23. The number of benzene rings is 1. The van der Waals surface area contributed by atoms with E-state index in [9.17, 15) is 14.4 Å². The molecule has 2 atom stereocenters. The number of nitrogens with two attached hydrogens (primary N) is 2. The van der Waals surface area contributed by atoms with E-state index < -0.39 is 24.0 Å². The molecule has 1 aromatic carbocycles. The number of aryl methyl sites for hydroxylation is 1. The van der Waals surface area contributed by atoms with E-state index in [0.29, 0.717) is 38.8 Å². The van der Waals surface area contributed by atoms with Gasteiger partial charge in [-0.05, 0) is 50.2 Å². The van der Waals surface area contributed by atoms with Gasteiger partial charge in [-0.1, -0.05) is 30.4 Å². The Kier molecular flexibility index (Phi) is 9.91. The average molecular weight is 497 g/mol. The molecular weight excluding hydrogens is 460 g/mol. The molecule has 6 N–H and O–H groups in total. The number of rotatable bonds is 6. The number of aliphatic imine (C=N–C) groups is 1. The molecule has 0 fully saturated rings. The van der Waals surface area contributed by atoms with Crippen molar-refractivity contribution in [1.29, 1.82) is 0 Å². The maximum atomic E-state index is 13.1. The van der Waals surface area contributed by atoms with Crippen LogP contribution in [0.4, 0.5) is 0 Å². The van der Waals surface area contributed by atoms with Crippen LogP contribution in [0.25, 0.3) is 10.9 Å². The molecule has 194 valence electrons. The average Bonchev–Trinajstić information content (AvgIpc) is 3.21. The van der Waals surface area contributed by atoms with E-state index in [1.165, 1.54) is 18.1 Å². The molecule has 0 spiro atoms. The smallest absolute Gasteiger partial charge is 0.328 e. The molecule has 10 heteroatoms. The first-order chi connectivity index (χ1) is 17.4. The molecule has 0 aliphatic carbocycles. The zero-order chi connectivity index (χ0) is 25.9. The monoisotopic (exact) mass is 496 g/mol. The van der Waals surface area contributed by atoms with Crippen LogP contribution in [-0.4, -0.2) is 54.0 Å². The highest BCUT2D eigenvalue weighted by Gasteiger charge is 2.26. The number of nitrogens with zero attached hydrogens (tertiary/aromatic N) is 2. The first-order valence-corrected chi connectivity index (χ1v) is 12.3. The van der Waals surface area contributed by atoms with Crippen LogP contribution in [-0.2, 0) is 32.1 Å². The van der Waals surface area contributed by atoms with Gasteiger partial charge < -0.3 is 31.4 Å². The summed E-state index contributed by atoms with van der Waals surface area (Å²) in [6.07, 6.45) is 9.61. The quantitative estimate of drug-likeness (QED) is 0.156. The Labute approximate surface area is 211 Å². The fourth-order valence-corrected chi connectivity index (χ4v) is 4.37. The first kappa shape index (κ1) is 26.8. The van der Waals surface area contributed by atoms with Gasteiger partial charge in [0.05, 0.1) is 7.11 Å². The summed E-state index contributed by atoms with van der Waals surface area (Å²) in [4.78, 5) is 42.1. The lowest BCUT2D eigenvalue weighted by molar-refractivity contribution is -0.145. The van der Waals surface area contributed by atoms with Crippen molar-refractivity contribution in [2.24, 2.45) is 16.5 Å². The van der Waals surface area contributed by atoms with Crippen LogP contribution in [0.1, 0.15) is 44.1 Å². The second-order valence-electron chi connectivity index (χ2n) is 8.89. The van der Waals surface area contributed by atoms with E-state index in [1.54, 1.807) is 0 Å². The summed E-state index contributed by atoms with van der Waals surface area (Å²) in [6, 6.07) is 6.54. The van der Waals surface area contributed by atoms with Crippen LogP contribution >= 0.6 is 0 Å². The molecule has 0 saturated carbocycles. The number of esters is 1. The molecule has 0 unspecified atom stereocenters. The first-order valence-electron chi connectivity index (χ1n) is 12.3. The fourth-order valence-electron chi connectivity index (χ4n) is 4.37. The number of allylic oxidation sites excluding steroid dienone is 1. The van der Waals surface area contributed by atoms with Crippen LogP contribution in [0.3, 0.4) is 0 Å². The third-order valence-electron chi connectivity index (χ3n) is 6.21. The molecule has 1 aliphatic heterocycles. The second kappa shape index (κ2) is 13.3. The lowest BCUT2D eigenvalue weighted by Gasteiger charge is -2.22. The Morgan fingerprint density at radius 1 is 1.14 bits per heavy atom. The summed E-state index contributed by atoms with van der Waals surface area (Å²) >= 11 is 0. The maximum absolute atomic E-state index is 13.1. The molecule has 2 amide bonds. The zero-order valence-corrected chi connectivity index (χ0v) is 20.7. The minimum Gasteiger partial charge on any atom is -0.467 e. The number of methoxy groups -OCH3 is 1. The van der Waals surface area contributed by atoms with Crippen molar-refractivity contribution in [3.05, 3.63) is 48.2 Å². The van der Waals surface area contributed by atoms with Gasteiger partial charge in [0.15, 0.2) is 5.96 Å². The number of carbonyl (C=O) groups is 3. The van der Waals surface area contributed by atoms with Gasteiger partial charge in [0.1, 0.15) is 12.1 Å². The van der Waals surface area contributed by atoms with Gasteiger partial charge in [0.2, 0.25) is 11.8 Å². The van der Waals surface area contributed by atoms with Gasteiger partial charge in [-0.25, -0.2) is 4.79 Å². The summed E-state index contributed by atoms with van der Waals surface area (Å²) in [5.74, 6) is -1.15. The third kappa shape index (κ3) is 7.59. The molecule has 0 saturated heterocycles. The van der Waals surface area contributed by atoms with Gasteiger partial charge in [-0.15, -0.1) is 0 Å². The van der Waals surface area contributed by atoms with E-state index in [1.807, 2.05) is 24.3 Å². The number of guanidine groups is 1. The predicted molar refractivity (Wildman–Crippen MR) is 139 cm³/mol. The molecule has 2 aromatic rings. The molecule has 1 aliphatic rings. The van der Waals surface area contributed by atoms with Gasteiger partial charge in [0.25, 0.3) is 0 Å². The number of aromatic nitrogens is 1. The minimum atomic E-state index is -0.857. The summed E-state index contributed by atoms with van der Waals surface area (Å²) in [7, 11) is 1.29. The Morgan fingerprint density at radius 2 is 1.94 bits per heavy atom. The Bertz CT molecular complexity index is 1120. The summed E-state index contributed by atoms with van der Waals surface area (Å²) < 4.78 is 7.05. The van der Waals surface area contributed by atoms with Crippen LogP contribution in [0.15, 0.2) is 47.6 Å². The van der Waals surface area contributed by atoms with Crippen molar-refractivity contribution in [3.8, 4) is 0 Å². The van der Waals surface area contributed by atoms with Gasteiger partial charge in [-0.2, -0.15) is 0 Å². The number of hydrogen-bond acceptors (Lipinski definition) is 5. The zero-order valence-electron chi connectivity index (χ0n) is 20.7. The van der Waals surface area contributed by atoms with Crippen LogP contribution in [0.5, 0.6) is 0 Å². The highest BCUT2D eigenvalue weighted by molar-refractivity contribution is 5.91. The maximum Gasteiger partial charge on any atom is 0.328 e. The Hall–Kier alpha value is -3.82. The summed E-state index contributed by atoms with van der Waals surface area (Å²) in [5.41, 5.74) is 13.0. The van der Waals surface area contributed by atoms with Crippen LogP contribution in [0.2, 0.25) is 0 Å². The van der Waals surface area contributed by atoms with Gasteiger partial charge in [-0.3, -0.25) is 14.6 Å². The molecule has 10 nitrogen and oxygen atoms in total. The molecule has 3 rings (SSSR count). The van der Waals surface area contributed by atoms with Crippen molar-refractivity contribution in [2.45, 2.75) is 63.6 Å². The molecular formula is C26H36N6O4. The largest absolute Gasteiger partial charge is 0.467 e. The standard InChI is InChI=1S/C26H36N6O4/c1-36-25(35)21-12-5-7-16-32-17-18(19-10-2-3-13-22(19)32)9-8-14-23(33)30-20(24(34)31-21)11-4-6-15-29-26(27)28/h2-3,5,7,10,13,17,20-21H,4,6,8-9,11-12,14-16H2,1H3,(H,30,33)(H,31,34)(H4,27,28,29)/b7-5-/t20-,21+/m1/s1. The number of para-hydroxylation sites is 1. The number of carbonyl (C=O) groups excluding carboxylic acids is 3. The molecule has 36 heavy (non-hydrogen) atoms. The minimum absolute atomic E-state index is 0.0165. The molecule has 1 aromatic heterocycles. The number of ether oxygens (including phenoxy) is 1. The van der Waals surface area contributed by atoms with Crippen molar-refractivity contribution < 1.29 is 19.1 Å². The van der Waals surface area contributed by atoms with E-state index in [2.05, 4.69) is 38.5 Å². The van der Waals surface area contributed by atoms with Crippen molar-refractivity contribution in [1.82, 2.24) is 15.2 Å². The molecule has 2 heterocycles. The lowest BCUT2D eigenvalue weighted by Crippen LogP contribution is -2.51. The fraction of sp³-hybridized carbons (Fsp3) is 0.462. The Morgan fingerprint density at radius 3 is 2.72 bits per heavy atom. The Balaban J connectivity index is 1.79. The molecule has 0 radical (unpaired) electrons. The van der Waals surface area contributed by atoms with E-state index in [0.717, 1.165) is 11.9 Å². The number of unbranched alkanes of at least 4 members (excludes halogenated alkanes) is 1. The molecule has 2 bridgehead atoms. The lowest BCUT2D eigenvalue weighted by atomic mass is 10.1. The van der Waals surface area contributed by atoms with Crippen LogP contribution in [0, 0.1) is 0 Å². The number of hydrogen-bond donors (Lipinski definition) is 4. The summed E-state index contributed by atoms with van der Waals surface area (Å²) in [6.45, 7) is 1.06. The van der Waals surface area contributed by atoms with E-state index >= 15 is 0 Å².